The average Bonchev–Trinajstić information content (AvgIpc) is 2.59. The van der Waals surface area contributed by atoms with Gasteiger partial charge in [0.15, 0.2) is 15.8 Å². The number of para-hydroxylation sites is 1. The number of nitrogens with one attached hydrogen (secondary N) is 1. The predicted octanol–water partition coefficient (Wildman–Crippen LogP) is 2.32. The fourth-order valence-electron chi connectivity index (χ4n) is 2.81. The summed E-state index contributed by atoms with van der Waals surface area (Å²) in [6.45, 7) is 7.23. The zero-order valence-corrected chi connectivity index (χ0v) is 17.1. The van der Waals surface area contributed by atoms with Crippen molar-refractivity contribution in [1.29, 1.82) is 0 Å². The van der Waals surface area contributed by atoms with Crippen LogP contribution in [0.1, 0.15) is 33.6 Å². The van der Waals surface area contributed by atoms with Gasteiger partial charge < -0.3 is 15.0 Å². The predicted molar refractivity (Wildman–Crippen MR) is 107 cm³/mol. The number of ether oxygens (including phenoxy) is 1. The van der Waals surface area contributed by atoms with Crippen LogP contribution < -0.4 is 10.1 Å². The van der Waals surface area contributed by atoms with Crippen molar-refractivity contribution in [1.82, 2.24) is 10.2 Å². The molecule has 0 radical (unpaired) electrons. The lowest BCUT2D eigenvalue weighted by Crippen LogP contribution is -2.48. The van der Waals surface area contributed by atoms with Gasteiger partial charge in [-0.2, -0.15) is 0 Å². The van der Waals surface area contributed by atoms with Crippen molar-refractivity contribution < 1.29 is 13.2 Å². The molecule has 1 saturated heterocycles. The average molecular weight is 382 g/mol. The van der Waals surface area contributed by atoms with Crippen LogP contribution in [-0.4, -0.2) is 62.6 Å². The Balaban J connectivity index is 1.80. The first-order chi connectivity index (χ1) is 12.2. The van der Waals surface area contributed by atoms with Crippen LogP contribution in [0.2, 0.25) is 0 Å². The second-order valence-electron chi connectivity index (χ2n) is 7.52. The summed E-state index contributed by atoms with van der Waals surface area (Å²) in [5, 5.41) is 3.19. The highest BCUT2D eigenvalue weighted by atomic mass is 32.2. The van der Waals surface area contributed by atoms with Crippen LogP contribution >= 0.6 is 0 Å². The molecular formula is C19H31N3O3S. The molecule has 1 fully saturated rings. The van der Waals surface area contributed by atoms with Gasteiger partial charge in [-0.1, -0.05) is 18.2 Å². The smallest absolute Gasteiger partial charge is 0.193 e. The number of piperidine rings is 1. The largest absolute Gasteiger partial charge is 0.490 e. The highest BCUT2D eigenvalue weighted by Crippen LogP contribution is 2.19. The van der Waals surface area contributed by atoms with Crippen molar-refractivity contribution >= 4 is 15.8 Å². The Morgan fingerprint density at radius 1 is 1.23 bits per heavy atom. The number of hydrogen-bond donors (Lipinski definition) is 1. The van der Waals surface area contributed by atoms with Gasteiger partial charge in [0.2, 0.25) is 0 Å². The lowest BCUT2D eigenvalue weighted by atomic mass is 10.1. The Bertz CT molecular complexity index is 688. The standard InChI is InChI=1S/C19H31N3O3S/c1-19(2,3)26(23,24)15-12-21-18(20-4)22-13-10-17(11-14-22)25-16-8-6-5-7-9-16/h5-9,17H,10-15H2,1-4H3,(H,20,21). The van der Waals surface area contributed by atoms with Crippen LogP contribution in [0.15, 0.2) is 35.3 Å². The Kier molecular flexibility index (Phi) is 6.92. The second-order valence-corrected chi connectivity index (χ2v) is 10.4. The van der Waals surface area contributed by atoms with E-state index in [-0.39, 0.29) is 11.9 Å². The minimum Gasteiger partial charge on any atom is -0.490 e. The van der Waals surface area contributed by atoms with E-state index in [1.807, 2.05) is 30.3 Å². The number of sulfone groups is 1. The molecule has 0 atom stereocenters. The molecule has 1 aromatic rings. The normalized spacial score (nSPS) is 17.2. The van der Waals surface area contributed by atoms with E-state index in [9.17, 15) is 8.42 Å². The molecule has 1 aliphatic rings. The van der Waals surface area contributed by atoms with Crippen molar-refractivity contribution in [3.63, 3.8) is 0 Å². The Hall–Kier alpha value is -1.76. The van der Waals surface area contributed by atoms with E-state index in [0.29, 0.717) is 6.54 Å². The molecule has 0 unspecified atom stereocenters. The Morgan fingerprint density at radius 3 is 2.38 bits per heavy atom. The fourth-order valence-corrected chi connectivity index (χ4v) is 3.80. The molecule has 1 aromatic carbocycles. The van der Waals surface area contributed by atoms with Crippen LogP contribution in [0.4, 0.5) is 0 Å². The molecule has 146 valence electrons. The number of aliphatic imine (C=N–C) groups is 1. The van der Waals surface area contributed by atoms with E-state index in [4.69, 9.17) is 4.74 Å². The molecule has 1 heterocycles. The summed E-state index contributed by atoms with van der Waals surface area (Å²) in [6.07, 6.45) is 2.03. The fraction of sp³-hybridized carbons (Fsp3) is 0.632. The molecule has 1 N–H and O–H groups in total. The van der Waals surface area contributed by atoms with E-state index in [1.54, 1.807) is 27.8 Å². The lowest BCUT2D eigenvalue weighted by Gasteiger charge is -2.34. The molecule has 1 aliphatic heterocycles. The maximum atomic E-state index is 12.2. The molecule has 6 nitrogen and oxygen atoms in total. The zero-order chi connectivity index (χ0) is 19.2. The van der Waals surface area contributed by atoms with Crippen LogP contribution in [0.3, 0.4) is 0 Å². The summed E-state index contributed by atoms with van der Waals surface area (Å²) in [4.78, 5) is 6.46. The summed E-state index contributed by atoms with van der Waals surface area (Å²) in [5.74, 6) is 1.76. The SMILES string of the molecule is CN=C(NCCS(=O)(=O)C(C)(C)C)N1CCC(Oc2ccccc2)CC1. The zero-order valence-electron chi connectivity index (χ0n) is 16.2. The van der Waals surface area contributed by atoms with Crippen LogP contribution in [0, 0.1) is 0 Å². The van der Waals surface area contributed by atoms with E-state index < -0.39 is 14.6 Å². The minimum absolute atomic E-state index is 0.100. The number of guanidine groups is 1. The molecule has 0 bridgehead atoms. The van der Waals surface area contributed by atoms with Gasteiger partial charge in [-0.05, 0) is 32.9 Å². The first kappa shape index (κ1) is 20.6. The summed E-state index contributed by atoms with van der Waals surface area (Å²) in [5.41, 5.74) is 0. The van der Waals surface area contributed by atoms with Crippen molar-refractivity contribution in [2.45, 2.75) is 44.5 Å². The van der Waals surface area contributed by atoms with E-state index in [0.717, 1.165) is 37.6 Å². The van der Waals surface area contributed by atoms with Crippen molar-refractivity contribution in [3.05, 3.63) is 30.3 Å². The second kappa shape index (κ2) is 8.75. The highest BCUT2D eigenvalue weighted by molar-refractivity contribution is 7.92. The van der Waals surface area contributed by atoms with Gasteiger partial charge in [0.05, 0.1) is 10.5 Å². The van der Waals surface area contributed by atoms with E-state index in [2.05, 4.69) is 15.2 Å². The highest BCUT2D eigenvalue weighted by Gasteiger charge is 2.29. The first-order valence-electron chi connectivity index (χ1n) is 9.12. The topological polar surface area (TPSA) is 71.0 Å². The number of likely N-dealkylation sites (tertiary alicyclic amines) is 1. The summed E-state index contributed by atoms with van der Waals surface area (Å²) >= 11 is 0. The first-order valence-corrected chi connectivity index (χ1v) is 10.8. The van der Waals surface area contributed by atoms with Gasteiger partial charge in [0, 0.05) is 39.5 Å². The molecule has 0 saturated carbocycles. The number of hydrogen-bond acceptors (Lipinski definition) is 4. The van der Waals surface area contributed by atoms with Crippen LogP contribution in [0.25, 0.3) is 0 Å². The molecule has 0 spiro atoms. The quantitative estimate of drug-likeness (QED) is 0.626. The molecule has 0 aromatic heterocycles. The van der Waals surface area contributed by atoms with Gasteiger partial charge in [0.1, 0.15) is 11.9 Å². The van der Waals surface area contributed by atoms with Gasteiger partial charge in [-0.25, -0.2) is 8.42 Å². The van der Waals surface area contributed by atoms with Gasteiger partial charge >= 0.3 is 0 Å². The van der Waals surface area contributed by atoms with Gasteiger partial charge in [-0.15, -0.1) is 0 Å². The molecule has 7 heteroatoms. The van der Waals surface area contributed by atoms with Gasteiger partial charge in [-0.3, -0.25) is 4.99 Å². The lowest BCUT2D eigenvalue weighted by molar-refractivity contribution is 0.129. The molecular weight excluding hydrogens is 350 g/mol. The third-order valence-corrected chi connectivity index (χ3v) is 7.19. The van der Waals surface area contributed by atoms with E-state index in [1.165, 1.54) is 0 Å². The monoisotopic (exact) mass is 381 g/mol. The molecule has 26 heavy (non-hydrogen) atoms. The molecule has 0 amide bonds. The van der Waals surface area contributed by atoms with Crippen LogP contribution in [0.5, 0.6) is 5.75 Å². The molecule has 0 aliphatic carbocycles. The number of rotatable bonds is 5. The van der Waals surface area contributed by atoms with Crippen molar-refractivity contribution in [2.75, 3.05) is 32.4 Å². The summed E-state index contributed by atoms with van der Waals surface area (Å²) in [7, 11) is -1.40. The summed E-state index contributed by atoms with van der Waals surface area (Å²) < 4.78 is 29.7. The minimum atomic E-state index is -3.13. The Labute approximate surface area is 157 Å². The van der Waals surface area contributed by atoms with E-state index >= 15 is 0 Å². The maximum absolute atomic E-state index is 12.2. The number of benzene rings is 1. The van der Waals surface area contributed by atoms with Crippen molar-refractivity contribution in [3.8, 4) is 5.75 Å². The Morgan fingerprint density at radius 2 is 1.85 bits per heavy atom. The summed E-state index contributed by atoms with van der Waals surface area (Å²) in [6, 6.07) is 9.87. The van der Waals surface area contributed by atoms with Crippen LogP contribution in [-0.2, 0) is 9.84 Å². The third-order valence-electron chi connectivity index (χ3n) is 4.59. The van der Waals surface area contributed by atoms with Crippen molar-refractivity contribution in [2.24, 2.45) is 4.99 Å². The number of nitrogens with zero attached hydrogens (tertiary/aromatic N) is 2. The molecule has 2 rings (SSSR count). The van der Waals surface area contributed by atoms with Gasteiger partial charge in [0.25, 0.3) is 0 Å². The maximum Gasteiger partial charge on any atom is 0.193 e. The third kappa shape index (κ3) is 5.62.